The maximum absolute atomic E-state index is 12.9. The van der Waals surface area contributed by atoms with Gasteiger partial charge in [0.1, 0.15) is 12.3 Å². The normalized spacial score (nSPS) is 16.8. The number of para-hydroxylation sites is 2. The van der Waals surface area contributed by atoms with Gasteiger partial charge in [0.2, 0.25) is 11.8 Å². The van der Waals surface area contributed by atoms with Gasteiger partial charge in [0.15, 0.2) is 0 Å². The number of ether oxygens (including phenoxy) is 1. The Labute approximate surface area is 192 Å². The van der Waals surface area contributed by atoms with Crippen molar-refractivity contribution in [3.63, 3.8) is 0 Å². The van der Waals surface area contributed by atoms with Crippen molar-refractivity contribution < 1.29 is 28.7 Å². The van der Waals surface area contributed by atoms with Crippen LogP contribution >= 0.6 is 0 Å². The third kappa shape index (κ3) is 5.50. The van der Waals surface area contributed by atoms with Crippen molar-refractivity contribution in [3.05, 3.63) is 24.3 Å². The van der Waals surface area contributed by atoms with E-state index in [1.807, 2.05) is 6.92 Å². The van der Waals surface area contributed by atoms with Gasteiger partial charge in [-0.2, -0.15) is 0 Å². The Morgan fingerprint density at radius 2 is 1.79 bits per heavy atom. The number of carbonyl (C=O) groups is 5. The Morgan fingerprint density at radius 1 is 1.09 bits per heavy atom. The van der Waals surface area contributed by atoms with E-state index in [9.17, 15) is 24.0 Å². The fourth-order valence-corrected chi connectivity index (χ4v) is 4.23. The number of carbonyl (C=O) groups excluding carboxylic acids is 5. The van der Waals surface area contributed by atoms with E-state index < -0.39 is 36.2 Å². The van der Waals surface area contributed by atoms with Crippen LogP contribution in [0.3, 0.4) is 0 Å². The molecule has 1 aromatic carbocycles. The molecule has 2 fully saturated rings. The van der Waals surface area contributed by atoms with Gasteiger partial charge in [-0.3, -0.25) is 24.1 Å². The van der Waals surface area contributed by atoms with E-state index >= 15 is 0 Å². The number of benzene rings is 1. The summed E-state index contributed by atoms with van der Waals surface area (Å²) < 4.78 is 5.22. The van der Waals surface area contributed by atoms with Crippen LogP contribution in [0.5, 0.6) is 5.75 Å². The topological polar surface area (TPSA) is 116 Å². The number of hydrogen-bond acceptors (Lipinski definition) is 6. The van der Waals surface area contributed by atoms with Crippen molar-refractivity contribution in [1.29, 1.82) is 0 Å². The Hall–Kier alpha value is -3.43. The highest BCUT2D eigenvalue weighted by atomic mass is 16.5. The van der Waals surface area contributed by atoms with Gasteiger partial charge < -0.3 is 15.0 Å². The van der Waals surface area contributed by atoms with E-state index in [1.165, 1.54) is 12.0 Å². The second kappa shape index (κ2) is 10.9. The summed E-state index contributed by atoms with van der Waals surface area (Å²) in [7, 11) is 1.49. The van der Waals surface area contributed by atoms with Crippen LogP contribution in [0.25, 0.3) is 0 Å². The predicted molar refractivity (Wildman–Crippen MR) is 119 cm³/mol. The van der Waals surface area contributed by atoms with Crippen LogP contribution in [0, 0.1) is 0 Å². The molecule has 1 heterocycles. The summed E-state index contributed by atoms with van der Waals surface area (Å²) in [5, 5.41) is 2.71. The smallest absolute Gasteiger partial charge is 0.334 e. The van der Waals surface area contributed by atoms with Crippen LogP contribution in [0.15, 0.2) is 24.3 Å². The molecular weight excluding hydrogens is 428 g/mol. The molecular formula is C23H30N4O6. The highest BCUT2D eigenvalue weighted by Gasteiger charge is 2.48. The summed E-state index contributed by atoms with van der Waals surface area (Å²) >= 11 is 0. The molecule has 3 rings (SSSR count). The maximum Gasteiger partial charge on any atom is 0.334 e. The largest absolute Gasteiger partial charge is 0.495 e. The molecule has 1 aliphatic carbocycles. The zero-order valence-corrected chi connectivity index (χ0v) is 19.0. The third-order valence-corrected chi connectivity index (χ3v) is 5.88. The minimum atomic E-state index is -0.992. The van der Waals surface area contributed by atoms with Crippen LogP contribution in [-0.2, 0) is 19.2 Å². The fraction of sp³-hybridized carbons (Fsp3) is 0.522. The Bertz CT molecular complexity index is 927. The van der Waals surface area contributed by atoms with Gasteiger partial charge in [-0.1, -0.05) is 38.3 Å². The summed E-state index contributed by atoms with van der Waals surface area (Å²) in [6.45, 7) is 1.27. The number of nitrogens with zero attached hydrogens (tertiary/aromatic N) is 3. The summed E-state index contributed by atoms with van der Waals surface area (Å²) in [5.74, 6) is -2.41. The van der Waals surface area contributed by atoms with Crippen LogP contribution in [0.2, 0.25) is 0 Å². The first-order chi connectivity index (χ1) is 15.9. The van der Waals surface area contributed by atoms with E-state index in [0.717, 1.165) is 24.2 Å². The maximum atomic E-state index is 12.9. The quantitative estimate of drug-likeness (QED) is 0.447. The molecule has 0 radical (unpaired) electrons. The summed E-state index contributed by atoms with van der Waals surface area (Å²) in [4.78, 5) is 66.2. The molecule has 6 amide bonds. The molecule has 10 nitrogen and oxygen atoms in total. The lowest BCUT2D eigenvalue weighted by Crippen LogP contribution is -2.47. The van der Waals surface area contributed by atoms with Gasteiger partial charge in [-0.15, -0.1) is 0 Å². The van der Waals surface area contributed by atoms with Crippen LogP contribution < -0.4 is 10.1 Å². The first-order valence-electron chi connectivity index (χ1n) is 11.3. The molecule has 1 saturated carbocycles. The standard InChI is InChI=1S/C23H30N4O6/c1-3-13-25(14-19(28)24-17-11-7-8-12-18(17)33-2)20(29)15-26-21(30)22(31)27(23(26)32)16-9-5-4-6-10-16/h7-8,11-12,16H,3-6,9-10,13-15H2,1-2H3,(H,24,28). The molecule has 1 aromatic rings. The minimum absolute atomic E-state index is 0.259. The van der Waals surface area contributed by atoms with Crippen LogP contribution in [0.1, 0.15) is 45.4 Å². The molecule has 10 heteroatoms. The summed E-state index contributed by atoms with van der Waals surface area (Å²) in [6.07, 6.45) is 4.71. The number of methoxy groups -OCH3 is 1. The van der Waals surface area contributed by atoms with Gasteiger partial charge in [0.25, 0.3) is 0 Å². The molecule has 0 atom stereocenters. The molecule has 2 aliphatic rings. The van der Waals surface area contributed by atoms with Crippen molar-refractivity contribution in [2.45, 2.75) is 51.5 Å². The SMILES string of the molecule is CCCN(CC(=O)Nc1ccccc1OC)C(=O)CN1C(=O)C(=O)N(C2CCCCC2)C1=O. The summed E-state index contributed by atoms with van der Waals surface area (Å²) in [5.41, 5.74) is 0.465. The summed E-state index contributed by atoms with van der Waals surface area (Å²) in [6, 6.07) is 5.83. The molecule has 178 valence electrons. The molecule has 0 bridgehead atoms. The Morgan fingerprint density at radius 3 is 2.45 bits per heavy atom. The highest BCUT2D eigenvalue weighted by Crippen LogP contribution is 2.27. The van der Waals surface area contributed by atoms with Crippen molar-refractivity contribution >= 4 is 35.3 Å². The number of rotatable bonds is 9. The monoisotopic (exact) mass is 458 g/mol. The third-order valence-electron chi connectivity index (χ3n) is 5.88. The lowest BCUT2D eigenvalue weighted by Gasteiger charge is -2.29. The fourth-order valence-electron chi connectivity index (χ4n) is 4.23. The second-order valence-corrected chi connectivity index (χ2v) is 8.20. The molecule has 1 aliphatic heterocycles. The second-order valence-electron chi connectivity index (χ2n) is 8.20. The van der Waals surface area contributed by atoms with E-state index in [-0.39, 0.29) is 19.1 Å². The zero-order chi connectivity index (χ0) is 24.0. The Kier molecular flexibility index (Phi) is 8.02. The number of urea groups is 1. The van der Waals surface area contributed by atoms with Crippen molar-refractivity contribution in [3.8, 4) is 5.75 Å². The molecule has 0 spiro atoms. The van der Waals surface area contributed by atoms with Gasteiger partial charge in [-0.05, 0) is 31.4 Å². The van der Waals surface area contributed by atoms with Crippen molar-refractivity contribution in [2.75, 3.05) is 32.1 Å². The first kappa shape index (κ1) is 24.2. The van der Waals surface area contributed by atoms with Crippen molar-refractivity contribution in [2.24, 2.45) is 0 Å². The average Bonchev–Trinajstić information content (AvgIpc) is 3.02. The van der Waals surface area contributed by atoms with Gasteiger partial charge in [-0.25, -0.2) is 9.69 Å². The van der Waals surface area contributed by atoms with Gasteiger partial charge >= 0.3 is 17.8 Å². The molecule has 0 aromatic heterocycles. The number of amides is 6. The number of nitrogens with one attached hydrogen (secondary N) is 1. The van der Waals surface area contributed by atoms with Gasteiger partial charge in [0.05, 0.1) is 19.3 Å². The Balaban J connectivity index is 1.65. The van der Waals surface area contributed by atoms with Gasteiger partial charge in [0, 0.05) is 12.6 Å². The van der Waals surface area contributed by atoms with Crippen LogP contribution in [0.4, 0.5) is 10.5 Å². The average molecular weight is 459 g/mol. The molecule has 1 N–H and O–H groups in total. The van der Waals surface area contributed by atoms with E-state index in [0.29, 0.717) is 35.6 Å². The van der Waals surface area contributed by atoms with E-state index in [1.54, 1.807) is 24.3 Å². The number of imide groups is 2. The first-order valence-corrected chi connectivity index (χ1v) is 11.3. The van der Waals surface area contributed by atoms with Crippen molar-refractivity contribution in [1.82, 2.24) is 14.7 Å². The molecule has 33 heavy (non-hydrogen) atoms. The zero-order valence-electron chi connectivity index (χ0n) is 19.0. The van der Waals surface area contributed by atoms with Crippen LogP contribution in [-0.4, -0.2) is 77.1 Å². The number of hydrogen-bond donors (Lipinski definition) is 1. The predicted octanol–water partition coefficient (Wildman–Crippen LogP) is 2.00. The lowest BCUT2D eigenvalue weighted by molar-refractivity contribution is -0.145. The van der Waals surface area contributed by atoms with E-state index in [2.05, 4.69) is 5.32 Å². The highest BCUT2D eigenvalue weighted by molar-refractivity contribution is 6.45. The minimum Gasteiger partial charge on any atom is -0.495 e. The molecule has 1 saturated heterocycles. The lowest BCUT2D eigenvalue weighted by atomic mass is 9.94. The molecule has 0 unspecified atom stereocenters. The van der Waals surface area contributed by atoms with E-state index in [4.69, 9.17) is 4.74 Å². The number of anilines is 1.